The van der Waals surface area contributed by atoms with Crippen LogP contribution in [0, 0.1) is 21.8 Å². The third-order valence-corrected chi connectivity index (χ3v) is 2.74. The standard InChI is InChI=1S/C12H17FN2O2/c1-4-11(8(2)3)14-9-5-6-12(15(16)17)10(13)7-9/h5-8,11,14H,4H2,1-3H3. The highest BCUT2D eigenvalue weighted by molar-refractivity contribution is 5.50. The third kappa shape index (κ3) is 3.41. The average Bonchev–Trinajstić information content (AvgIpc) is 2.24. The van der Waals surface area contributed by atoms with Gasteiger partial charge in [-0.2, -0.15) is 4.39 Å². The summed E-state index contributed by atoms with van der Waals surface area (Å²) in [6.45, 7) is 6.19. The molecule has 1 aromatic rings. The molecule has 1 aromatic carbocycles. The predicted octanol–water partition coefficient (Wildman–Crippen LogP) is 3.58. The smallest absolute Gasteiger partial charge is 0.304 e. The van der Waals surface area contributed by atoms with Crippen molar-refractivity contribution in [2.24, 2.45) is 5.92 Å². The normalized spacial score (nSPS) is 12.5. The number of hydrogen-bond acceptors (Lipinski definition) is 3. The van der Waals surface area contributed by atoms with Gasteiger partial charge in [0.2, 0.25) is 5.82 Å². The van der Waals surface area contributed by atoms with Crippen LogP contribution in [0.5, 0.6) is 0 Å². The second-order valence-corrected chi connectivity index (χ2v) is 4.33. The first kappa shape index (κ1) is 13.4. The largest absolute Gasteiger partial charge is 0.382 e. The van der Waals surface area contributed by atoms with Crippen LogP contribution in [-0.2, 0) is 0 Å². The van der Waals surface area contributed by atoms with Crippen LogP contribution in [0.1, 0.15) is 27.2 Å². The fraction of sp³-hybridized carbons (Fsp3) is 0.500. The monoisotopic (exact) mass is 240 g/mol. The Hall–Kier alpha value is -1.65. The van der Waals surface area contributed by atoms with Crippen molar-refractivity contribution in [2.45, 2.75) is 33.2 Å². The molecule has 0 saturated heterocycles. The number of rotatable bonds is 5. The SMILES string of the molecule is CCC(Nc1ccc([N+](=O)[O-])c(F)c1)C(C)C. The van der Waals surface area contributed by atoms with Crippen molar-refractivity contribution in [3.63, 3.8) is 0 Å². The Morgan fingerprint density at radius 1 is 1.47 bits per heavy atom. The number of hydrogen-bond donors (Lipinski definition) is 1. The van der Waals surface area contributed by atoms with E-state index < -0.39 is 16.4 Å². The maximum absolute atomic E-state index is 13.4. The van der Waals surface area contributed by atoms with Crippen LogP contribution in [0.4, 0.5) is 15.8 Å². The van der Waals surface area contributed by atoms with Crippen LogP contribution in [0.15, 0.2) is 18.2 Å². The molecule has 94 valence electrons. The molecule has 5 heteroatoms. The van der Waals surface area contributed by atoms with Crippen molar-refractivity contribution in [3.05, 3.63) is 34.1 Å². The maximum Gasteiger partial charge on any atom is 0.304 e. The molecule has 0 aliphatic carbocycles. The molecule has 0 fully saturated rings. The molecular formula is C12H17FN2O2. The minimum Gasteiger partial charge on any atom is -0.382 e. The van der Waals surface area contributed by atoms with E-state index in [2.05, 4.69) is 19.2 Å². The van der Waals surface area contributed by atoms with Crippen LogP contribution in [-0.4, -0.2) is 11.0 Å². The number of anilines is 1. The Morgan fingerprint density at radius 2 is 2.12 bits per heavy atom. The molecule has 0 aliphatic heterocycles. The first-order valence-corrected chi connectivity index (χ1v) is 5.66. The third-order valence-electron chi connectivity index (χ3n) is 2.74. The zero-order valence-corrected chi connectivity index (χ0v) is 10.2. The van der Waals surface area contributed by atoms with Crippen molar-refractivity contribution >= 4 is 11.4 Å². The highest BCUT2D eigenvalue weighted by Gasteiger charge is 2.16. The molecule has 17 heavy (non-hydrogen) atoms. The van der Waals surface area contributed by atoms with E-state index in [9.17, 15) is 14.5 Å². The molecule has 1 unspecified atom stereocenters. The van der Waals surface area contributed by atoms with Gasteiger partial charge in [-0.1, -0.05) is 20.8 Å². The number of nitrogens with one attached hydrogen (secondary N) is 1. The van der Waals surface area contributed by atoms with Gasteiger partial charge in [-0.05, 0) is 18.4 Å². The second kappa shape index (κ2) is 5.61. The molecule has 4 nitrogen and oxygen atoms in total. The molecule has 1 N–H and O–H groups in total. The van der Waals surface area contributed by atoms with Crippen LogP contribution in [0.3, 0.4) is 0 Å². The highest BCUT2D eigenvalue weighted by atomic mass is 19.1. The molecule has 0 aromatic heterocycles. The Balaban J connectivity index is 2.87. The molecular weight excluding hydrogens is 223 g/mol. The fourth-order valence-electron chi connectivity index (χ4n) is 1.70. The lowest BCUT2D eigenvalue weighted by Gasteiger charge is -2.21. The van der Waals surface area contributed by atoms with Crippen molar-refractivity contribution in [3.8, 4) is 0 Å². The van der Waals surface area contributed by atoms with Crippen molar-refractivity contribution < 1.29 is 9.31 Å². The minimum atomic E-state index is -0.807. The molecule has 0 spiro atoms. The highest BCUT2D eigenvalue weighted by Crippen LogP contribution is 2.22. The van der Waals surface area contributed by atoms with Crippen LogP contribution in [0.2, 0.25) is 0 Å². The van der Waals surface area contributed by atoms with Gasteiger partial charge >= 0.3 is 5.69 Å². The second-order valence-electron chi connectivity index (χ2n) is 4.33. The van der Waals surface area contributed by atoms with Gasteiger partial charge in [-0.15, -0.1) is 0 Å². The molecule has 0 aliphatic rings. The van der Waals surface area contributed by atoms with E-state index in [0.717, 1.165) is 6.42 Å². The quantitative estimate of drug-likeness (QED) is 0.632. The van der Waals surface area contributed by atoms with Gasteiger partial charge in [0.15, 0.2) is 0 Å². The van der Waals surface area contributed by atoms with Gasteiger partial charge < -0.3 is 5.32 Å². The summed E-state index contributed by atoms with van der Waals surface area (Å²) < 4.78 is 13.4. The lowest BCUT2D eigenvalue weighted by molar-refractivity contribution is -0.387. The van der Waals surface area contributed by atoms with E-state index in [1.54, 1.807) is 0 Å². The van der Waals surface area contributed by atoms with Gasteiger partial charge in [-0.25, -0.2) is 0 Å². The van der Waals surface area contributed by atoms with E-state index in [4.69, 9.17) is 0 Å². The fourth-order valence-corrected chi connectivity index (χ4v) is 1.70. The molecule has 1 rings (SSSR count). The summed E-state index contributed by atoms with van der Waals surface area (Å²) in [6.07, 6.45) is 0.913. The topological polar surface area (TPSA) is 55.2 Å². The summed E-state index contributed by atoms with van der Waals surface area (Å²) in [5, 5.41) is 13.6. The number of nitro benzene ring substituents is 1. The molecule has 0 bridgehead atoms. The van der Waals surface area contributed by atoms with Gasteiger partial charge in [-0.3, -0.25) is 10.1 Å². The number of nitro groups is 1. The summed E-state index contributed by atoms with van der Waals surface area (Å²) in [6, 6.07) is 4.12. The zero-order chi connectivity index (χ0) is 13.0. The predicted molar refractivity (Wildman–Crippen MR) is 65.6 cm³/mol. The summed E-state index contributed by atoms with van der Waals surface area (Å²) >= 11 is 0. The average molecular weight is 240 g/mol. The summed E-state index contributed by atoms with van der Waals surface area (Å²) in [5.74, 6) is -0.392. The summed E-state index contributed by atoms with van der Waals surface area (Å²) in [5.41, 5.74) is 0.0850. The Bertz CT molecular complexity index is 407. The lowest BCUT2D eigenvalue weighted by atomic mass is 10.0. The van der Waals surface area contributed by atoms with Gasteiger partial charge in [0.05, 0.1) is 4.92 Å². The maximum atomic E-state index is 13.4. The van der Waals surface area contributed by atoms with E-state index in [-0.39, 0.29) is 6.04 Å². The molecule has 0 radical (unpaired) electrons. The summed E-state index contributed by atoms with van der Waals surface area (Å²) in [7, 11) is 0. The summed E-state index contributed by atoms with van der Waals surface area (Å²) in [4.78, 5) is 9.74. The molecule has 1 atom stereocenters. The van der Waals surface area contributed by atoms with Crippen LogP contribution >= 0.6 is 0 Å². The van der Waals surface area contributed by atoms with Crippen molar-refractivity contribution in [1.82, 2.24) is 0 Å². The molecule has 0 heterocycles. The van der Waals surface area contributed by atoms with Gasteiger partial charge in [0.1, 0.15) is 0 Å². The van der Waals surface area contributed by atoms with Crippen LogP contribution in [0.25, 0.3) is 0 Å². The van der Waals surface area contributed by atoms with Gasteiger partial charge in [0, 0.05) is 23.9 Å². The van der Waals surface area contributed by atoms with Crippen molar-refractivity contribution in [2.75, 3.05) is 5.32 Å². The molecule has 0 saturated carbocycles. The lowest BCUT2D eigenvalue weighted by Crippen LogP contribution is -2.24. The van der Waals surface area contributed by atoms with E-state index in [1.165, 1.54) is 18.2 Å². The Kier molecular flexibility index (Phi) is 4.43. The van der Waals surface area contributed by atoms with Crippen LogP contribution < -0.4 is 5.32 Å². The Morgan fingerprint density at radius 3 is 2.53 bits per heavy atom. The number of nitrogens with zero attached hydrogens (tertiary/aromatic N) is 1. The first-order chi connectivity index (χ1) is 7.95. The number of halogens is 1. The Labute approximate surface area is 100.0 Å². The van der Waals surface area contributed by atoms with E-state index >= 15 is 0 Å². The first-order valence-electron chi connectivity index (χ1n) is 5.66. The zero-order valence-electron chi connectivity index (χ0n) is 10.2. The van der Waals surface area contributed by atoms with Gasteiger partial charge in [0.25, 0.3) is 0 Å². The molecule has 0 amide bonds. The van der Waals surface area contributed by atoms with E-state index in [0.29, 0.717) is 11.6 Å². The van der Waals surface area contributed by atoms with Crippen molar-refractivity contribution in [1.29, 1.82) is 0 Å². The minimum absolute atomic E-state index is 0.232. The number of benzene rings is 1. The van der Waals surface area contributed by atoms with E-state index in [1.807, 2.05) is 6.92 Å².